The van der Waals surface area contributed by atoms with Crippen LogP contribution in [0.5, 0.6) is 5.75 Å². The fraction of sp³-hybridized carbons (Fsp3) is 0.304. The van der Waals surface area contributed by atoms with E-state index in [1.54, 1.807) is 19.5 Å². The van der Waals surface area contributed by atoms with Gasteiger partial charge in [0.15, 0.2) is 0 Å². The fourth-order valence-corrected chi connectivity index (χ4v) is 3.82. The first-order chi connectivity index (χ1) is 15.1. The van der Waals surface area contributed by atoms with Crippen molar-refractivity contribution in [3.8, 4) is 16.9 Å². The summed E-state index contributed by atoms with van der Waals surface area (Å²) in [5, 5.41) is 2.95. The highest BCUT2D eigenvalue weighted by atomic mass is 16.5. The maximum absolute atomic E-state index is 12.5. The van der Waals surface area contributed by atoms with E-state index >= 15 is 0 Å². The number of benzene rings is 1. The minimum Gasteiger partial charge on any atom is -0.497 e. The Morgan fingerprint density at radius 3 is 2.52 bits per heavy atom. The van der Waals surface area contributed by atoms with Gasteiger partial charge in [0.1, 0.15) is 5.75 Å². The van der Waals surface area contributed by atoms with Crippen molar-refractivity contribution in [1.82, 2.24) is 19.9 Å². The first-order valence-corrected chi connectivity index (χ1v) is 10.3. The minimum atomic E-state index is -0.0162. The molecule has 3 N–H and O–H groups in total. The van der Waals surface area contributed by atoms with Crippen LogP contribution in [0.2, 0.25) is 0 Å². The quantitative estimate of drug-likeness (QED) is 0.634. The van der Waals surface area contributed by atoms with Crippen molar-refractivity contribution in [1.29, 1.82) is 0 Å². The Hall–Kier alpha value is -3.52. The van der Waals surface area contributed by atoms with Crippen molar-refractivity contribution in [2.24, 2.45) is 0 Å². The Morgan fingerprint density at radius 2 is 1.84 bits per heavy atom. The van der Waals surface area contributed by atoms with Gasteiger partial charge in [0, 0.05) is 53.6 Å². The lowest BCUT2D eigenvalue weighted by Gasteiger charge is -2.32. The first-order valence-electron chi connectivity index (χ1n) is 10.3. The molecular weight excluding hydrogens is 392 g/mol. The molecule has 3 aromatic rings. The number of likely N-dealkylation sites (tertiary alicyclic amines) is 1. The van der Waals surface area contributed by atoms with Gasteiger partial charge in [-0.3, -0.25) is 14.7 Å². The van der Waals surface area contributed by atoms with Crippen LogP contribution in [0.1, 0.15) is 24.5 Å². The maximum atomic E-state index is 12.5. The summed E-state index contributed by atoms with van der Waals surface area (Å²) in [6, 6.07) is 11.4. The maximum Gasteiger partial charge on any atom is 0.238 e. The summed E-state index contributed by atoms with van der Waals surface area (Å²) in [4.78, 5) is 27.4. The number of hydrogen-bond acceptors (Lipinski definition) is 7. The number of methoxy groups -OCH3 is 1. The molecule has 8 nitrogen and oxygen atoms in total. The fourth-order valence-electron chi connectivity index (χ4n) is 3.82. The van der Waals surface area contributed by atoms with E-state index in [4.69, 9.17) is 10.5 Å². The second kappa shape index (κ2) is 9.53. The molecule has 3 heterocycles. The van der Waals surface area contributed by atoms with Crippen LogP contribution in [0.25, 0.3) is 11.1 Å². The largest absolute Gasteiger partial charge is 0.497 e. The number of nitrogens with zero attached hydrogens (tertiary/aromatic N) is 4. The number of piperidine rings is 1. The van der Waals surface area contributed by atoms with Crippen LogP contribution in [0.15, 0.2) is 55.0 Å². The lowest BCUT2D eigenvalue weighted by molar-refractivity contribution is -0.117. The van der Waals surface area contributed by atoms with Gasteiger partial charge in [-0.2, -0.15) is 0 Å². The molecular formula is C23H26N6O2. The Balaban J connectivity index is 1.34. The van der Waals surface area contributed by atoms with Gasteiger partial charge in [0.25, 0.3) is 0 Å². The third-order valence-corrected chi connectivity index (χ3v) is 5.46. The van der Waals surface area contributed by atoms with E-state index in [1.165, 1.54) is 0 Å². The average Bonchev–Trinajstić information content (AvgIpc) is 2.80. The number of nitrogens with one attached hydrogen (secondary N) is 1. The number of anilines is 2. The predicted molar refractivity (Wildman–Crippen MR) is 120 cm³/mol. The van der Waals surface area contributed by atoms with E-state index in [1.807, 2.05) is 36.5 Å². The van der Waals surface area contributed by atoms with Crippen LogP contribution < -0.4 is 15.8 Å². The van der Waals surface area contributed by atoms with Crippen molar-refractivity contribution in [3.05, 3.63) is 60.7 Å². The van der Waals surface area contributed by atoms with Crippen LogP contribution in [-0.2, 0) is 4.79 Å². The van der Waals surface area contributed by atoms with Gasteiger partial charge in [-0.05, 0) is 49.7 Å². The average molecular weight is 419 g/mol. The molecule has 1 aliphatic heterocycles. The first kappa shape index (κ1) is 20.7. The molecule has 1 saturated heterocycles. The van der Waals surface area contributed by atoms with Gasteiger partial charge in [0.05, 0.1) is 13.7 Å². The molecule has 31 heavy (non-hydrogen) atoms. The predicted octanol–water partition coefficient (Wildman–Crippen LogP) is 2.95. The molecule has 4 rings (SSSR count). The van der Waals surface area contributed by atoms with E-state index in [0.29, 0.717) is 12.5 Å². The minimum absolute atomic E-state index is 0.0162. The van der Waals surface area contributed by atoms with E-state index in [0.717, 1.165) is 54.2 Å². The van der Waals surface area contributed by atoms with Gasteiger partial charge < -0.3 is 15.8 Å². The van der Waals surface area contributed by atoms with Gasteiger partial charge >= 0.3 is 0 Å². The number of aromatic nitrogens is 3. The SMILES string of the molecule is COc1ccc(NC(=O)CN2CCC[C@@H](c3ccc(-c4cnc(N)nc4)cn3)C2)cc1. The highest BCUT2D eigenvalue weighted by Crippen LogP contribution is 2.27. The molecule has 1 aliphatic rings. The summed E-state index contributed by atoms with van der Waals surface area (Å²) >= 11 is 0. The van der Waals surface area contributed by atoms with Gasteiger partial charge in [-0.25, -0.2) is 9.97 Å². The number of nitrogen functional groups attached to an aromatic ring is 1. The normalized spacial score (nSPS) is 16.6. The second-order valence-electron chi connectivity index (χ2n) is 7.65. The standard InChI is InChI=1S/C23H26N6O2/c1-31-20-7-5-19(6-8-20)28-22(30)15-29-10-2-3-17(14-29)21-9-4-16(11-25-21)18-12-26-23(24)27-13-18/h4-9,11-13,17H,2-3,10,14-15H2,1H3,(H,28,30)(H2,24,26,27)/t17-/m1/s1. The monoisotopic (exact) mass is 418 g/mol. The third-order valence-electron chi connectivity index (χ3n) is 5.46. The van der Waals surface area contributed by atoms with Crippen molar-refractivity contribution in [2.75, 3.05) is 37.8 Å². The molecule has 2 aromatic heterocycles. The van der Waals surface area contributed by atoms with Gasteiger partial charge in [-0.1, -0.05) is 6.07 Å². The number of carbonyl (C=O) groups is 1. The van der Waals surface area contributed by atoms with E-state index in [2.05, 4.69) is 31.2 Å². The van der Waals surface area contributed by atoms with Crippen molar-refractivity contribution >= 4 is 17.5 Å². The summed E-state index contributed by atoms with van der Waals surface area (Å²) in [5.41, 5.74) is 9.20. The van der Waals surface area contributed by atoms with Crippen LogP contribution in [0, 0.1) is 0 Å². The Morgan fingerprint density at radius 1 is 1.10 bits per heavy atom. The molecule has 1 atom stereocenters. The number of hydrogen-bond donors (Lipinski definition) is 2. The highest BCUT2D eigenvalue weighted by Gasteiger charge is 2.24. The number of pyridine rings is 1. The summed E-state index contributed by atoms with van der Waals surface area (Å²) in [6.07, 6.45) is 7.34. The van der Waals surface area contributed by atoms with Crippen molar-refractivity contribution in [3.63, 3.8) is 0 Å². The topological polar surface area (TPSA) is 106 Å². The molecule has 0 saturated carbocycles. The van der Waals surface area contributed by atoms with E-state index < -0.39 is 0 Å². The van der Waals surface area contributed by atoms with Crippen LogP contribution in [0.3, 0.4) is 0 Å². The zero-order chi connectivity index (χ0) is 21.6. The number of amides is 1. The molecule has 0 bridgehead atoms. The summed E-state index contributed by atoms with van der Waals surface area (Å²) in [5.74, 6) is 1.31. The Kier molecular flexibility index (Phi) is 6.37. The molecule has 1 amide bonds. The summed E-state index contributed by atoms with van der Waals surface area (Å²) in [6.45, 7) is 2.09. The number of ether oxygens (including phenoxy) is 1. The molecule has 1 aromatic carbocycles. The molecule has 0 unspecified atom stereocenters. The van der Waals surface area contributed by atoms with Crippen molar-refractivity contribution in [2.45, 2.75) is 18.8 Å². The Labute approximate surface area is 181 Å². The zero-order valence-corrected chi connectivity index (χ0v) is 17.5. The van der Waals surface area contributed by atoms with Crippen LogP contribution in [0.4, 0.5) is 11.6 Å². The lowest BCUT2D eigenvalue weighted by atomic mass is 9.94. The van der Waals surface area contributed by atoms with Gasteiger partial charge in [0.2, 0.25) is 11.9 Å². The summed E-state index contributed by atoms with van der Waals surface area (Å²) in [7, 11) is 1.62. The smallest absolute Gasteiger partial charge is 0.238 e. The molecule has 0 aliphatic carbocycles. The van der Waals surface area contributed by atoms with Crippen molar-refractivity contribution < 1.29 is 9.53 Å². The van der Waals surface area contributed by atoms with Crippen LogP contribution >= 0.6 is 0 Å². The molecule has 8 heteroatoms. The molecule has 160 valence electrons. The number of rotatable bonds is 6. The lowest BCUT2D eigenvalue weighted by Crippen LogP contribution is -2.39. The zero-order valence-electron chi connectivity index (χ0n) is 17.5. The molecule has 0 spiro atoms. The van der Waals surface area contributed by atoms with E-state index in [9.17, 15) is 4.79 Å². The second-order valence-corrected chi connectivity index (χ2v) is 7.65. The molecule has 0 radical (unpaired) electrons. The van der Waals surface area contributed by atoms with Gasteiger partial charge in [-0.15, -0.1) is 0 Å². The Bertz CT molecular complexity index is 1010. The molecule has 1 fully saturated rings. The highest BCUT2D eigenvalue weighted by molar-refractivity contribution is 5.92. The third kappa shape index (κ3) is 5.35. The number of nitrogens with two attached hydrogens (primary N) is 1. The van der Waals surface area contributed by atoms with Crippen LogP contribution in [-0.4, -0.2) is 52.5 Å². The number of carbonyl (C=O) groups excluding carboxylic acids is 1. The summed E-state index contributed by atoms with van der Waals surface area (Å²) < 4.78 is 5.15. The van der Waals surface area contributed by atoms with E-state index in [-0.39, 0.29) is 11.9 Å².